The number of rotatable bonds is 6. The van der Waals surface area contributed by atoms with Crippen molar-refractivity contribution in [3.8, 4) is 67.5 Å². The molecule has 4 heteroatoms. The van der Waals surface area contributed by atoms with Crippen molar-refractivity contribution in [3.05, 3.63) is 176 Å². The van der Waals surface area contributed by atoms with E-state index >= 15 is 0 Å². The number of benzene rings is 7. The highest BCUT2D eigenvalue weighted by atomic mass is 32.1. The summed E-state index contributed by atoms with van der Waals surface area (Å²) in [5.74, 6) is 0.481. The topological polar surface area (TPSA) is 38.7 Å². The number of fused-ring (bicyclic) bond motifs is 3. The summed E-state index contributed by atoms with van der Waals surface area (Å²) in [6, 6.07) is 29.0. The minimum absolute atomic E-state index is 0.0138. The van der Waals surface area contributed by atoms with E-state index in [1.165, 1.54) is 0 Å². The third kappa shape index (κ3) is 5.48. The summed E-state index contributed by atoms with van der Waals surface area (Å²) in [6.07, 6.45) is 0. The summed E-state index contributed by atoms with van der Waals surface area (Å²) >= 11 is 0.936. The minimum Gasteiger partial charge on any atom is -0.208 e. The van der Waals surface area contributed by atoms with Crippen LogP contribution in [0, 0.1) is 0 Å². The molecule has 0 aliphatic heterocycles. The van der Waals surface area contributed by atoms with Gasteiger partial charge in [0.25, 0.3) is 0 Å². The van der Waals surface area contributed by atoms with Crippen LogP contribution < -0.4 is 0 Å². The molecule has 230 valence electrons. The summed E-state index contributed by atoms with van der Waals surface area (Å²) in [7, 11) is 0. The SMILES string of the molecule is [2H]c1c([2H])c([2H])c(-c2c([2H])c([2H])c(-c3nc(-c4ccc(-c5ccccc5)cc4)nc(-c4ccc(-c5ccccc5)cc4)n3)c3sc4c([2H])c([2H])c([2H])c([2H])c4c23)c([2H])c1[2H]. The molecule has 0 saturated heterocycles. The number of thiophene rings is 1. The molecule has 0 amide bonds. The Morgan fingerprint density at radius 2 is 0.857 bits per heavy atom. The lowest BCUT2D eigenvalue weighted by molar-refractivity contribution is 1.08. The molecule has 0 aliphatic carbocycles. The maximum absolute atomic E-state index is 9.56. The lowest BCUT2D eigenvalue weighted by Crippen LogP contribution is -2.00. The van der Waals surface area contributed by atoms with Gasteiger partial charge in [-0.2, -0.15) is 0 Å². The maximum atomic E-state index is 9.56. The Bertz CT molecular complexity index is 3060. The fourth-order valence-corrected chi connectivity index (χ4v) is 6.94. The first-order valence-corrected chi connectivity index (χ1v) is 16.3. The van der Waals surface area contributed by atoms with Crippen molar-refractivity contribution < 1.29 is 15.1 Å². The molecule has 0 N–H and O–H groups in total. The molecule has 0 saturated carbocycles. The van der Waals surface area contributed by atoms with Gasteiger partial charge < -0.3 is 0 Å². The van der Waals surface area contributed by atoms with Gasteiger partial charge in [0, 0.05) is 36.9 Å². The first kappa shape index (κ1) is 19.6. The molecular formula is C45H29N3S. The van der Waals surface area contributed by atoms with Crippen molar-refractivity contribution in [2.24, 2.45) is 0 Å². The van der Waals surface area contributed by atoms with Crippen LogP contribution in [0.1, 0.15) is 15.1 Å². The Morgan fingerprint density at radius 3 is 1.45 bits per heavy atom. The van der Waals surface area contributed by atoms with Crippen molar-refractivity contribution in [1.82, 2.24) is 15.0 Å². The Balaban J connectivity index is 1.36. The van der Waals surface area contributed by atoms with Crippen LogP contribution in [0.4, 0.5) is 0 Å². The minimum atomic E-state index is -0.654. The fourth-order valence-electron chi connectivity index (χ4n) is 5.83. The summed E-state index contributed by atoms with van der Waals surface area (Å²) in [5.41, 5.74) is 4.65. The molecule has 0 spiro atoms. The van der Waals surface area contributed by atoms with Gasteiger partial charge in [-0.25, -0.2) is 15.0 Å². The molecule has 2 heterocycles. The van der Waals surface area contributed by atoms with Crippen LogP contribution in [0.2, 0.25) is 0 Å². The van der Waals surface area contributed by atoms with Gasteiger partial charge in [-0.3, -0.25) is 0 Å². The smallest absolute Gasteiger partial charge is 0.165 e. The monoisotopic (exact) mass is 654 g/mol. The highest BCUT2D eigenvalue weighted by molar-refractivity contribution is 7.26. The van der Waals surface area contributed by atoms with Gasteiger partial charge in [-0.05, 0) is 45.5 Å². The van der Waals surface area contributed by atoms with Gasteiger partial charge in [0.1, 0.15) is 0 Å². The van der Waals surface area contributed by atoms with Crippen LogP contribution >= 0.6 is 11.3 Å². The van der Waals surface area contributed by atoms with Gasteiger partial charge in [0.2, 0.25) is 0 Å². The standard InChI is InChI=1S/C45H29N3S/c1-4-12-30(13-5-1)32-20-24-35(25-21-32)43-46-44(36-26-22-33(23-27-36)31-14-6-2-7-15-31)48-45(47-43)39-29-28-37(34-16-8-3-9-17-34)41-38-18-10-11-19-40(38)49-42(39)41/h1-29H/i3D,8D,9D,10D,11D,16D,17D,18D,19D,28D,29D. The van der Waals surface area contributed by atoms with Crippen LogP contribution in [0.5, 0.6) is 0 Å². The highest BCUT2D eigenvalue weighted by Gasteiger charge is 2.19. The first-order chi connectivity index (χ1) is 28.8. The predicted octanol–water partition coefficient (Wildman–Crippen LogP) is 12.2. The molecule has 9 rings (SSSR count). The number of nitrogens with zero attached hydrogens (tertiary/aromatic N) is 3. The molecule has 49 heavy (non-hydrogen) atoms. The molecule has 3 nitrogen and oxygen atoms in total. The van der Waals surface area contributed by atoms with Gasteiger partial charge in [0.15, 0.2) is 17.5 Å². The van der Waals surface area contributed by atoms with E-state index in [-0.39, 0.29) is 60.4 Å². The Hall–Kier alpha value is -6.23. The largest absolute Gasteiger partial charge is 0.208 e. The molecule has 0 atom stereocenters. The van der Waals surface area contributed by atoms with Crippen molar-refractivity contribution in [2.75, 3.05) is 0 Å². The average Bonchev–Trinajstić information content (AvgIpc) is 3.68. The van der Waals surface area contributed by atoms with E-state index in [1.54, 1.807) is 0 Å². The van der Waals surface area contributed by atoms with Gasteiger partial charge in [-0.1, -0.05) is 164 Å². The van der Waals surface area contributed by atoms with E-state index in [0.717, 1.165) is 33.6 Å². The second-order valence-corrected chi connectivity index (χ2v) is 12.2. The predicted molar refractivity (Wildman–Crippen MR) is 205 cm³/mol. The van der Waals surface area contributed by atoms with Crippen molar-refractivity contribution in [1.29, 1.82) is 0 Å². The van der Waals surface area contributed by atoms with Crippen molar-refractivity contribution >= 4 is 31.5 Å². The zero-order chi connectivity index (χ0) is 42.1. The van der Waals surface area contributed by atoms with Crippen LogP contribution in [-0.4, -0.2) is 15.0 Å². The zero-order valence-electron chi connectivity index (χ0n) is 36.6. The van der Waals surface area contributed by atoms with E-state index in [0.29, 0.717) is 11.1 Å². The van der Waals surface area contributed by atoms with Gasteiger partial charge in [0.05, 0.1) is 15.1 Å². The van der Waals surface area contributed by atoms with Crippen molar-refractivity contribution in [2.45, 2.75) is 0 Å². The molecule has 2 aromatic heterocycles. The molecule has 9 aromatic rings. The van der Waals surface area contributed by atoms with Crippen LogP contribution in [0.15, 0.2) is 176 Å². The third-order valence-electron chi connectivity index (χ3n) is 8.23. The molecule has 0 fully saturated rings. The normalized spacial score (nSPS) is 14.4. The number of hydrogen-bond donors (Lipinski definition) is 0. The summed E-state index contributed by atoms with van der Waals surface area (Å²) in [5, 5.41) is 0.0135. The lowest BCUT2D eigenvalue weighted by Gasteiger charge is -2.12. The molecule has 0 aliphatic rings. The first-order valence-electron chi connectivity index (χ1n) is 21.0. The maximum Gasteiger partial charge on any atom is 0.165 e. The Kier molecular flexibility index (Phi) is 4.96. The van der Waals surface area contributed by atoms with Gasteiger partial charge >= 0.3 is 0 Å². The lowest BCUT2D eigenvalue weighted by atomic mass is 9.97. The van der Waals surface area contributed by atoms with Crippen LogP contribution in [0.3, 0.4) is 0 Å². The van der Waals surface area contributed by atoms with Crippen molar-refractivity contribution in [3.63, 3.8) is 0 Å². The molecule has 7 aromatic carbocycles. The van der Waals surface area contributed by atoms with E-state index in [1.807, 2.05) is 109 Å². The molecule has 0 unspecified atom stereocenters. The third-order valence-corrected chi connectivity index (χ3v) is 9.36. The molecular weight excluding hydrogens is 615 g/mol. The highest BCUT2D eigenvalue weighted by Crippen LogP contribution is 2.44. The zero-order valence-corrected chi connectivity index (χ0v) is 26.5. The summed E-state index contributed by atoms with van der Waals surface area (Å²) < 4.78 is 97.1. The summed E-state index contributed by atoms with van der Waals surface area (Å²) in [6.45, 7) is 0. The number of aromatic nitrogens is 3. The fraction of sp³-hybridized carbons (Fsp3) is 0. The quantitative estimate of drug-likeness (QED) is 0.179. The molecule has 0 radical (unpaired) electrons. The average molecular weight is 655 g/mol. The summed E-state index contributed by atoms with van der Waals surface area (Å²) in [4.78, 5) is 14.7. The second-order valence-electron chi connectivity index (χ2n) is 11.2. The second kappa shape index (κ2) is 12.4. The Labute approximate surface area is 304 Å². The van der Waals surface area contributed by atoms with Crippen LogP contribution in [0.25, 0.3) is 87.7 Å². The Morgan fingerprint density at radius 1 is 0.388 bits per heavy atom. The van der Waals surface area contributed by atoms with E-state index in [2.05, 4.69) is 0 Å². The van der Waals surface area contributed by atoms with E-state index in [9.17, 15) is 2.74 Å². The number of hydrogen-bond acceptors (Lipinski definition) is 4. The molecule has 0 bridgehead atoms. The van der Waals surface area contributed by atoms with Crippen LogP contribution in [-0.2, 0) is 0 Å². The van der Waals surface area contributed by atoms with E-state index in [4.69, 9.17) is 27.3 Å². The van der Waals surface area contributed by atoms with Gasteiger partial charge in [-0.15, -0.1) is 11.3 Å². The van der Waals surface area contributed by atoms with E-state index < -0.39 is 60.4 Å².